The number of benzene rings is 1. The van der Waals surface area contributed by atoms with E-state index in [-0.39, 0.29) is 5.56 Å². The lowest BCUT2D eigenvalue weighted by atomic mass is 9.95. The fraction of sp³-hybridized carbons (Fsp3) is 0.185. The summed E-state index contributed by atoms with van der Waals surface area (Å²) in [7, 11) is 0. The summed E-state index contributed by atoms with van der Waals surface area (Å²) in [6.45, 7) is 1.93. The summed E-state index contributed by atoms with van der Waals surface area (Å²) in [5.41, 5.74) is 4.85. The van der Waals surface area contributed by atoms with E-state index in [0.29, 0.717) is 12.1 Å². The number of aryl methyl sites for hydroxylation is 1. The van der Waals surface area contributed by atoms with Gasteiger partial charge in [0.05, 0.1) is 24.9 Å². The molecule has 0 unspecified atom stereocenters. The first-order valence-electron chi connectivity index (χ1n) is 11.2. The van der Waals surface area contributed by atoms with Gasteiger partial charge in [-0.3, -0.25) is 19.8 Å². The van der Waals surface area contributed by atoms with Gasteiger partial charge in [-0.1, -0.05) is 12.1 Å². The molecule has 0 radical (unpaired) electrons. The van der Waals surface area contributed by atoms with Crippen LogP contribution in [0.5, 0.6) is 0 Å². The van der Waals surface area contributed by atoms with Gasteiger partial charge in [-0.15, -0.1) is 0 Å². The zero-order valence-corrected chi connectivity index (χ0v) is 19.2. The van der Waals surface area contributed by atoms with Crippen molar-refractivity contribution in [1.82, 2.24) is 14.5 Å². The van der Waals surface area contributed by atoms with E-state index in [2.05, 4.69) is 15.0 Å². The second-order valence-electron chi connectivity index (χ2n) is 8.55. The van der Waals surface area contributed by atoms with Gasteiger partial charge in [0, 0.05) is 41.5 Å². The van der Waals surface area contributed by atoms with Gasteiger partial charge in [0.2, 0.25) is 0 Å². The van der Waals surface area contributed by atoms with Crippen molar-refractivity contribution in [2.24, 2.45) is 4.99 Å². The van der Waals surface area contributed by atoms with Crippen molar-refractivity contribution in [2.45, 2.75) is 25.7 Å². The number of hydrogen-bond acceptors (Lipinski definition) is 5. The number of rotatable bonds is 5. The second kappa shape index (κ2) is 9.16. The lowest BCUT2D eigenvalue weighted by Crippen LogP contribution is -2.27. The van der Waals surface area contributed by atoms with Crippen LogP contribution >= 0.6 is 0 Å². The van der Waals surface area contributed by atoms with E-state index in [9.17, 15) is 23.1 Å². The summed E-state index contributed by atoms with van der Waals surface area (Å²) in [5.74, 6) is 0. The molecule has 4 heterocycles. The molecule has 1 aliphatic heterocycles. The Morgan fingerprint density at radius 2 is 1.75 bits per heavy atom. The second-order valence-corrected chi connectivity index (χ2v) is 8.55. The van der Waals surface area contributed by atoms with E-state index in [1.807, 2.05) is 37.3 Å². The van der Waals surface area contributed by atoms with E-state index in [1.165, 1.54) is 22.9 Å². The number of alkyl halides is 3. The Labute approximate surface area is 204 Å². The molecule has 0 amide bonds. The third kappa shape index (κ3) is 4.45. The molecule has 5 rings (SSSR count). The van der Waals surface area contributed by atoms with Crippen molar-refractivity contribution in [3.05, 3.63) is 117 Å². The molecule has 0 saturated heterocycles. The number of fused-ring (bicyclic) bond motifs is 1. The van der Waals surface area contributed by atoms with Crippen molar-refractivity contribution >= 4 is 5.71 Å². The molecule has 0 spiro atoms. The van der Waals surface area contributed by atoms with Crippen LogP contribution in [0.15, 0.2) is 83.0 Å². The minimum absolute atomic E-state index is 0.140. The van der Waals surface area contributed by atoms with Crippen LogP contribution in [0.4, 0.5) is 13.2 Å². The normalized spacial score (nSPS) is 13.9. The van der Waals surface area contributed by atoms with Crippen LogP contribution in [0.25, 0.3) is 11.1 Å². The quantitative estimate of drug-likeness (QED) is 0.445. The summed E-state index contributed by atoms with van der Waals surface area (Å²) < 4.78 is 40.5. The maximum Gasteiger partial charge on any atom is 0.433 e. The molecule has 182 valence electrons. The molecule has 6 nitrogen and oxygen atoms in total. The highest BCUT2D eigenvalue weighted by atomic mass is 19.4. The molecule has 1 atom stereocenters. The molecule has 1 aliphatic rings. The van der Waals surface area contributed by atoms with Gasteiger partial charge in [0.1, 0.15) is 5.69 Å². The van der Waals surface area contributed by atoms with Crippen LogP contribution in [0.1, 0.15) is 39.7 Å². The molecule has 3 aromatic heterocycles. The van der Waals surface area contributed by atoms with Gasteiger partial charge >= 0.3 is 6.18 Å². The van der Waals surface area contributed by atoms with Crippen LogP contribution in [0.3, 0.4) is 0 Å². The predicted molar refractivity (Wildman–Crippen MR) is 129 cm³/mol. The smallest absolute Gasteiger partial charge is 0.394 e. The molecule has 1 aromatic carbocycles. The van der Waals surface area contributed by atoms with Crippen LogP contribution in [0.2, 0.25) is 0 Å². The van der Waals surface area contributed by atoms with E-state index >= 15 is 0 Å². The van der Waals surface area contributed by atoms with Gasteiger partial charge in [0.25, 0.3) is 5.56 Å². The molecule has 0 saturated carbocycles. The van der Waals surface area contributed by atoms with Crippen LogP contribution in [0, 0.1) is 6.92 Å². The summed E-state index contributed by atoms with van der Waals surface area (Å²) in [6.07, 6.45) is -0.378. The first-order valence-corrected chi connectivity index (χ1v) is 11.2. The number of pyridine rings is 3. The lowest BCUT2D eigenvalue weighted by molar-refractivity contribution is -0.141. The Morgan fingerprint density at radius 1 is 0.972 bits per heavy atom. The van der Waals surface area contributed by atoms with Crippen molar-refractivity contribution in [1.29, 1.82) is 0 Å². The monoisotopic (exact) mass is 490 g/mol. The average molecular weight is 490 g/mol. The lowest BCUT2D eigenvalue weighted by Gasteiger charge is -2.19. The van der Waals surface area contributed by atoms with Crippen LogP contribution in [-0.4, -0.2) is 32.0 Å². The number of hydrogen-bond donors (Lipinski definition) is 1. The standard InChI is InChI=1S/C27H21F3N4O2/c1-16-10-20(5-7-31-16)26-22-11-17(2-3-21(22)14-33-26)18-6-9-34(25(36)13-18)23(15-35)19-4-8-32-24(12-19)27(28,29)30/h2-13,23,35H,14-15H2,1H3/t23-/m1/s1. The van der Waals surface area contributed by atoms with E-state index in [0.717, 1.165) is 45.9 Å². The highest BCUT2D eigenvalue weighted by Crippen LogP contribution is 2.31. The maximum absolute atomic E-state index is 13.1. The average Bonchev–Trinajstić information content (AvgIpc) is 3.28. The third-order valence-corrected chi connectivity index (χ3v) is 6.19. The minimum atomic E-state index is -4.63. The highest BCUT2D eigenvalue weighted by Gasteiger charge is 2.33. The Kier molecular flexibility index (Phi) is 6.01. The van der Waals surface area contributed by atoms with Gasteiger partial charge < -0.3 is 9.67 Å². The first kappa shape index (κ1) is 23.6. The molecule has 0 aliphatic carbocycles. The zero-order chi connectivity index (χ0) is 25.4. The summed E-state index contributed by atoms with van der Waals surface area (Å²) >= 11 is 0. The molecular formula is C27H21F3N4O2. The topological polar surface area (TPSA) is 80.4 Å². The molecule has 0 fully saturated rings. The number of halogens is 3. The van der Waals surface area contributed by atoms with Crippen molar-refractivity contribution < 1.29 is 18.3 Å². The van der Waals surface area contributed by atoms with Crippen molar-refractivity contribution in [3.8, 4) is 11.1 Å². The van der Waals surface area contributed by atoms with Gasteiger partial charge in [0.15, 0.2) is 0 Å². The minimum Gasteiger partial charge on any atom is -0.394 e. The number of aromatic nitrogens is 3. The van der Waals surface area contributed by atoms with Crippen LogP contribution in [-0.2, 0) is 12.7 Å². The number of aliphatic hydroxyl groups excluding tert-OH is 1. The van der Waals surface area contributed by atoms with E-state index in [4.69, 9.17) is 0 Å². The third-order valence-electron chi connectivity index (χ3n) is 6.19. The SMILES string of the molecule is Cc1cc(C2=NCc3ccc(-c4ccn([C@H](CO)c5ccnc(C(F)(F)F)c5)c(=O)c4)cc32)ccn1. The number of aliphatic imine (C=N–C) groups is 1. The van der Waals surface area contributed by atoms with Gasteiger partial charge in [-0.2, -0.15) is 13.2 Å². The Balaban J connectivity index is 1.49. The highest BCUT2D eigenvalue weighted by molar-refractivity contribution is 6.15. The molecular weight excluding hydrogens is 469 g/mol. The van der Waals surface area contributed by atoms with E-state index in [1.54, 1.807) is 12.3 Å². The fourth-order valence-corrected chi connectivity index (χ4v) is 4.39. The molecule has 9 heteroatoms. The Hall–Kier alpha value is -4.11. The number of aliphatic hydroxyl groups is 1. The van der Waals surface area contributed by atoms with Gasteiger partial charge in [-0.05, 0) is 65.6 Å². The summed E-state index contributed by atoms with van der Waals surface area (Å²) in [6, 6.07) is 14.1. The van der Waals surface area contributed by atoms with Crippen LogP contribution < -0.4 is 5.56 Å². The fourth-order valence-electron chi connectivity index (χ4n) is 4.39. The Bertz CT molecular complexity index is 1540. The van der Waals surface area contributed by atoms with Crippen molar-refractivity contribution in [2.75, 3.05) is 6.61 Å². The zero-order valence-electron chi connectivity index (χ0n) is 19.2. The molecule has 36 heavy (non-hydrogen) atoms. The molecule has 1 N–H and O–H groups in total. The first-order chi connectivity index (χ1) is 17.2. The summed E-state index contributed by atoms with van der Waals surface area (Å²) in [4.78, 5) is 25.3. The maximum atomic E-state index is 13.1. The Morgan fingerprint density at radius 3 is 2.47 bits per heavy atom. The predicted octanol–water partition coefficient (Wildman–Crippen LogP) is 4.57. The van der Waals surface area contributed by atoms with Gasteiger partial charge in [-0.25, -0.2) is 0 Å². The number of nitrogens with zero attached hydrogens (tertiary/aromatic N) is 4. The largest absolute Gasteiger partial charge is 0.433 e. The molecule has 0 bridgehead atoms. The van der Waals surface area contributed by atoms with Crippen molar-refractivity contribution in [3.63, 3.8) is 0 Å². The molecule has 4 aromatic rings. The summed E-state index contributed by atoms with van der Waals surface area (Å²) in [5, 5.41) is 9.92. The van der Waals surface area contributed by atoms with E-state index < -0.39 is 30.1 Å².